The SMILES string of the molecule is CCCC(NC(=O)OCC1c2ccccc2-c2ccccc21)C(=O)N[C@H](Cc1cnc[nH]1)C(=O)O. The minimum atomic E-state index is -1.18. The topological polar surface area (TPSA) is 133 Å². The summed E-state index contributed by atoms with van der Waals surface area (Å²) in [6.07, 6.45) is 3.22. The number of aromatic nitrogens is 2. The molecule has 0 saturated heterocycles. The van der Waals surface area contributed by atoms with Gasteiger partial charge in [0.2, 0.25) is 5.91 Å². The lowest BCUT2D eigenvalue weighted by molar-refractivity contribution is -0.142. The Morgan fingerprint density at radius 3 is 2.26 bits per heavy atom. The molecule has 2 amide bonds. The van der Waals surface area contributed by atoms with E-state index in [1.54, 1.807) is 0 Å². The quantitative estimate of drug-likeness (QED) is 0.355. The molecular weight excluding hydrogens is 448 g/mol. The Balaban J connectivity index is 1.38. The molecule has 9 nitrogen and oxygen atoms in total. The van der Waals surface area contributed by atoms with Crippen LogP contribution in [-0.4, -0.2) is 51.7 Å². The molecule has 0 radical (unpaired) electrons. The molecule has 0 bridgehead atoms. The molecule has 182 valence electrons. The number of benzene rings is 2. The number of amides is 2. The number of carbonyl (C=O) groups excluding carboxylic acids is 2. The molecule has 4 N–H and O–H groups in total. The normalized spacial score (nSPS) is 13.9. The van der Waals surface area contributed by atoms with Gasteiger partial charge in [-0.15, -0.1) is 0 Å². The van der Waals surface area contributed by atoms with Gasteiger partial charge in [-0.25, -0.2) is 14.6 Å². The average Bonchev–Trinajstić information content (AvgIpc) is 3.48. The number of alkyl carbamates (subject to hydrolysis) is 1. The number of ether oxygens (including phenoxy) is 1. The van der Waals surface area contributed by atoms with E-state index < -0.39 is 30.1 Å². The lowest BCUT2D eigenvalue weighted by Crippen LogP contribution is -2.52. The van der Waals surface area contributed by atoms with Crippen LogP contribution in [0.25, 0.3) is 11.1 Å². The Hall–Kier alpha value is -4.14. The highest BCUT2D eigenvalue weighted by Crippen LogP contribution is 2.44. The van der Waals surface area contributed by atoms with Crippen LogP contribution in [0.4, 0.5) is 4.79 Å². The van der Waals surface area contributed by atoms with Crippen LogP contribution in [0, 0.1) is 0 Å². The zero-order chi connectivity index (χ0) is 24.8. The second-order valence-corrected chi connectivity index (χ2v) is 8.49. The van der Waals surface area contributed by atoms with Crippen molar-refractivity contribution in [2.45, 2.75) is 44.2 Å². The number of nitrogens with zero attached hydrogens (tertiary/aromatic N) is 1. The van der Waals surface area contributed by atoms with Crippen molar-refractivity contribution in [3.63, 3.8) is 0 Å². The van der Waals surface area contributed by atoms with Gasteiger partial charge in [0, 0.05) is 24.2 Å². The molecule has 1 aliphatic carbocycles. The monoisotopic (exact) mass is 476 g/mol. The van der Waals surface area contributed by atoms with Crippen LogP contribution in [0.1, 0.15) is 42.5 Å². The Morgan fingerprint density at radius 1 is 1.03 bits per heavy atom. The van der Waals surface area contributed by atoms with Gasteiger partial charge >= 0.3 is 12.1 Å². The van der Waals surface area contributed by atoms with E-state index in [2.05, 4.69) is 32.7 Å². The first-order valence-electron chi connectivity index (χ1n) is 11.6. The number of carboxylic acids is 1. The molecule has 4 rings (SSSR count). The van der Waals surface area contributed by atoms with Crippen molar-refractivity contribution in [3.8, 4) is 11.1 Å². The van der Waals surface area contributed by atoms with Gasteiger partial charge < -0.3 is 25.5 Å². The number of fused-ring (bicyclic) bond motifs is 3. The van der Waals surface area contributed by atoms with Crippen LogP contribution in [-0.2, 0) is 20.7 Å². The highest BCUT2D eigenvalue weighted by molar-refractivity contribution is 5.89. The number of hydrogen-bond acceptors (Lipinski definition) is 5. The third-order valence-corrected chi connectivity index (χ3v) is 6.12. The van der Waals surface area contributed by atoms with Crippen LogP contribution in [0.15, 0.2) is 61.1 Å². The van der Waals surface area contributed by atoms with Crippen molar-refractivity contribution in [2.75, 3.05) is 6.61 Å². The van der Waals surface area contributed by atoms with E-state index in [4.69, 9.17) is 4.74 Å². The van der Waals surface area contributed by atoms with Gasteiger partial charge in [0.05, 0.1) is 6.33 Å². The van der Waals surface area contributed by atoms with Crippen molar-refractivity contribution in [1.82, 2.24) is 20.6 Å². The number of nitrogens with one attached hydrogen (secondary N) is 3. The molecule has 2 aromatic carbocycles. The van der Waals surface area contributed by atoms with Crippen LogP contribution in [0.5, 0.6) is 0 Å². The number of carboxylic acid groups (broad SMARTS) is 1. The van der Waals surface area contributed by atoms with E-state index in [0.29, 0.717) is 18.5 Å². The summed E-state index contributed by atoms with van der Waals surface area (Å²) in [5.74, 6) is -1.85. The van der Waals surface area contributed by atoms with E-state index in [1.807, 2.05) is 43.3 Å². The zero-order valence-electron chi connectivity index (χ0n) is 19.4. The van der Waals surface area contributed by atoms with Gasteiger partial charge in [-0.3, -0.25) is 4.79 Å². The molecule has 9 heteroatoms. The molecule has 35 heavy (non-hydrogen) atoms. The molecule has 0 aliphatic heterocycles. The van der Waals surface area contributed by atoms with Gasteiger partial charge in [-0.1, -0.05) is 61.9 Å². The summed E-state index contributed by atoms with van der Waals surface area (Å²) in [5.41, 5.74) is 5.00. The lowest BCUT2D eigenvalue weighted by atomic mass is 9.98. The maximum atomic E-state index is 12.8. The van der Waals surface area contributed by atoms with Gasteiger partial charge in [-0.2, -0.15) is 0 Å². The number of hydrogen-bond donors (Lipinski definition) is 4. The van der Waals surface area contributed by atoms with Crippen LogP contribution >= 0.6 is 0 Å². The highest BCUT2D eigenvalue weighted by Gasteiger charge is 2.30. The van der Waals surface area contributed by atoms with Crippen molar-refractivity contribution in [1.29, 1.82) is 0 Å². The van der Waals surface area contributed by atoms with E-state index in [9.17, 15) is 19.5 Å². The average molecular weight is 477 g/mol. The number of carbonyl (C=O) groups is 3. The predicted octanol–water partition coefficient (Wildman–Crippen LogP) is 3.23. The summed E-state index contributed by atoms with van der Waals surface area (Å²) in [7, 11) is 0. The second kappa shape index (κ2) is 10.9. The Kier molecular flexibility index (Phi) is 7.45. The fraction of sp³-hybridized carbons (Fsp3) is 0.308. The Bertz CT molecular complexity index is 1150. The molecule has 1 aliphatic rings. The molecule has 1 unspecified atom stereocenters. The number of rotatable bonds is 10. The number of aliphatic carboxylic acids is 1. The van der Waals surface area contributed by atoms with Crippen LogP contribution < -0.4 is 10.6 Å². The van der Waals surface area contributed by atoms with Crippen molar-refractivity contribution in [3.05, 3.63) is 77.9 Å². The van der Waals surface area contributed by atoms with Crippen molar-refractivity contribution >= 4 is 18.0 Å². The summed E-state index contributed by atoms with van der Waals surface area (Å²) in [6.45, 7) is 2.00. The Morgan fingerprint density at radius 2 is 1.69 bits per heavy atom. The number of imidazole rings is 1. The molecule has 1 aromatic heterocycles. The number of aromatic amines is 1. The summed E-state index contributed by atoms with van der Waals surface area (Å²) in [6, 6.07) is 14.0. The molecule has 0 spiro atoms. The number of H-pyrrole nitrogens is 1. The predicted molar refractivity (Wildman–Crippen MR) is 129 cm³/mol. The fourth-order valence-electron chi connectivity index (χ4n) is 4.43. The van der Waals surface area contributed by atoms with Crippen LogP contribution in [0.3, 0.4) is 0 Å². The smallest absolute Gasteiger partial charge is 0.407 e. The fourth-order valence-corrected chi connectivity index (χ4v) is 4.43. The van der Waals surface area contributed by atoms with E-state index in [1.165, 1.54) is 12.5 Å². The first-order chi connectivity index (χ1) is 17.0. The first kappa shape index (κ1) is 24.0. The zero-order valence-corrected chi connectivity index (χ0v) is 19.4. The molecule has 3 aromatic rings. The summed E-state index contributed by atoms with van der Waals surface area (Å²) >= 11 is 0. The summed E-state index contributed by atoms with van der Waals surface area (Å²) < 4.78 is 5.54. The summed E-state index contributed by atoms with van der Waals surface area (Å²) in [4.78, 5) is 43.8. The van der Waals surface area contributed by atoms with Gasteiger partial charge in [0.25, 0.3) is 0 Å². The molecule has 0 fully saturated rings. The third-order valence-electron chi connectivity index (χ3n) is 6.12. The summed E-state index contributed by atoms with van der Waals surface area (Å²) in [5, 5.41) is 14.6. The first-order valence-corrected chi connectivity index (χ1v) is 11.6. The van der Waals surface area contributed by atoms with Gasteiger partial charge in [0.1, 0.15) is 18.7 Å². The molecular formula is C26H28N4O5. The lowest BCUT2D eigenvalue weighted by Gasteiger charge is -2.21. The maximum Gasteiger partial charge on any atom is 0.407 e. The molecule has 1 heterocycles. The standard InChI is InChI=1S/C26H28N4O5/c1-2-7-22(24(31)29-23(25(32)33)12-16-13-27-15-28-16)30-26(34)35-14-21-19-10-5-3-8-17(19)18-9-4-6-11-20(18)21/h3-6,8-11,13,15,21-23H,2,7,12,14H2,1H3,(H,27,28)(H,29,31)(H,30,34)(H,32,33)/t22?,23-/m1/s1. The van der Waals surface area contributed by atoms with Gasteiger partial charge in [-0.05, 0) is 28.7 Å². The third kappa shape index (κ3) is 5.51. The molecule has 2 atom stereocenters. The molecule has 0 saturated carbocycles. The van der Waals surface area contributed by atoms with Crippen LogP contribution in [0.2, 0.25) is 0 Å². The highest BCUT2D eigenvalue weighted by atomic mass is 16.5. The largest absolute Gasteiger partial charge is 0.480 e. The maximum absolute atomic E-state index is 12.8. The van der Waals surface area contributed by atoms with E-state index in [-0.39, 0.29) is 18.9 Å². The van der Waals surface area contributed by atoms with Crippen molar-refractivity contribution < 1.29 is 24.2 Å². The van der Waals surface area contributed by atoms with E-state index in [0.717, 1.165) is 22.3 Å². The Labute approximate surface area is 202 Å². The van der Waals surface area contributed by atoms with E-state index >= 15 is 0 Å². The minimum Gasteiger partial charge on any atom is -0.480 e. The van der Waals surface area contributed by atoms with Gasteiger partial charge in [0.15, 0.2) is 0 Å². The minimum absolute atomic E-state index is 0.0465. The van der Waals surface area contributed by atoms with Crippen molar-refractivity contribution in [2.24, 2.45) is 0 Å². The second-order valence-electron chi connectivity index (χ2n) is 8.49.